The van der Waals surface area contributed by atoms with Gasteiger partial charge in [-0.15, -0.1) is 5.10 Å². The smallest absolute Gasteiger partial charge is 0.333 e. The minimum Gasteiger partial charge on any atom is -0.388 e. The zero-order chi connectivity index (χ0) is 24.6. The number of hydrogen-bond donors (Lipinski definition) is 4. The van der Waals surface area contributed by atoms with Crippen LogP contribution < -0.4 is 10.5 Å². The number of rotatable bonds is 8. The molecule has 1 aromatic carbocycles. The average molecular weight is 506 g/mol. The third kappa shape index (κ3) is 4.98. The molecule has 3 aromatic rings. The van der Waals surface area contributed by atoms with Crippen molar-refractivity contribution in [1.29, 1.82) is 0 Å². The van der Waals surface area contributed by atoms with Gasteiger partial charge in [0.1, 0.15) is 18.5 Å². The zero-order valence-electron chi connectivity index (χ0n) is 18.8. The first kappa shape index (κ1) is 24.0. The van der Waals surface area contributed by atoms with E-state index >= 15 is 0 Å². The maximum Gasteiger partial charge on any atom is 0.333 e. The highest BCUT2D eigenvalue weighted by Gasteiger charge is 2.44. The van der Waals surface area contributed by atoms with Crippen LogP contribution in [0.3, 0.4) is 0 Å². The molecule has 0 radical (unpaired) electrons. The molecule has 35 heavy (non-hydrogen) atoms. The standard InChI is InChI=1S/C21H27N7O6S/c22-35(31,32)34-9-8-33-16-10-15(18(29)19(16)30)28-21-17(26-27-28)20(23-11-24-21)25-14-7-3-5-12-4-1-2-6-13(12)14/h1-2,4,6,11,14-16,18-19,29-30H,3,5,7-10H2,(H2,22,31,32)(H,23,24,25)/t14?,15-,16+,18+,19-/m0/s1. The fraction of sp³-hybridized carbons (Fsp3) is 0.524. The van der Waals surface area contributed by atoms with Crippen LogP contribution in [0.15, 0.2) is 30.6 Å². The van der Waals surface area contributed by atoms with Crippen molar-refractivity contribution in [3.63, 3.8) is 0 Å². The Hall–Kier alpha value is -2.75. The second-order valence-electron chi connectivity index (χ2n) is 8.72. The zero-order valence-corrected chi connectivity index (χ0v) is 19.6. The Labute approximate surface area is 201 Å². The van der Waals surface area contributed by atoms with Crippen molar-refractivity contribution >= 4 is 27.3 Å². The second kappa shape index (κ2) is 9.72. The van der Waals surface area contributed by atoms with Gasteiger partial charge in [0, 0.05) is 6.42 Å². The van der Waals surface area contributed by atoms with Crippen LogP contribution in [-0.4, -0.2) is 75.1 Å². The fourth-order valence-electron chi connectivity index (χ4n) is 4.89. The molecule has 2 aliphatic rings. The van der Waals surface area contributed by atoms with Gasteiger partial charge in [-0.3, -0.25) is 4.18 Å². The molecular formula is C21H27N7O6S. The first-order valence-corrected chi connectivity index (χ1v) is 12.8. The Bertz CT molecular complexity index is 1300. The molecule has 188 valence electrons. The summed E-state index contributed by atoms with van der Waals surface area (Å²) < 4.78 is 33.1. The van der Waals surface area contributed by atoms with Gasteiger partial charge in [-0.1, -0.05) is 29.5 Å². The number of anilines is 1. The molecule has 0 spiro atoms. The third-order valence-electron chi connectivity index (χ3n) is 6.52. The van der Waals surface area contributed by atoms with Crippen LogP contribution in [0.2, 0.25) is 0 Å². The van der Waals surface area contributed by atoms with Crippen molar-refractivity contribution in [2.45, 2.75) is 56.1 Å². The lowest BCUT2D eigenvalue weighted by atomic mass is 9.88. The summed E-state index contributed by atoms with van der Waals surface area (Å²) in [5.74, 6) is 0.545. The Kier molecular flexibility index (Phi) is 6.65. The molecule has 5 atom stereocenters. The van der Waals surface area contributed by atoms with E-state index in [-0.39, 0.29) is 25.7 Å². The summed E-state index contributed by atoms with van der Waals surface area (Å²) in [4.78, 5) is 8.71. The summed E-state index contributed by atoms with van der Waals surface area (Å²) in [5.41, 5.74) is 3.43. The molecule has 0 aliphatic heterocycles. The van der Waals surface area contributed by atoms with Crippen LogP contribution in [0.25, 0.3) is 11.2 Å². The Morgan fingerprint density at radius 3 is 2.83 bits per heavy atom. The number of hydrogen-bond acceptors (Lipinski definition) is 11. The van der Waals surface area contributed by atoms with Crippen molar-refractivity contribution < 1.29 is 27.6 Å². The number of nitrogens with zero attached hydrogens (tertiary/aromatic N) is 5. The van der Waals surface area contributed by atoms with Gasteiger partial charge in [-0.2, -0.15) is 8.42 Å². The minimum atomic E-state index is -4.08. The van der Waals surface area contributed by atoms with Gasteiger partial charge in [0.2, 0.25) is 0 Å². The predicted octanol–water partition coefficient (Wildman–Crippen LogP) is -0.0173. The molecule has 5 N–H and O–H groups in total. The van der Waals surface area contributed by atoms with Crippen LogP contribution in [0.1, 0.15) is 42.5 Å². The van der Waals surface area contributed by atoms with E-state index in [9.17, 15) is 18.6 Å². The Morgan fingerprint density at radius 1 is 1.17 bits per heavy atom. The number of aliphatic hydroxyl groups excluding tert-OH is 2. The van der Waals surface area contributed by atoms with Crippen molar-refractivity contribution in [2.24, 2.45) is 5.14 Å². The van der Waals surface area contributed by atoms with Crippen molar-refractivity contribution in [3.05, 3.63) is 41.7 Å². The van der Waals surface area contributed by atoms with Crippen molar-refractivity contribution in [1.82, 2.24) is 25.0 Å². The highest BCUT2D eigenvalue weighted by molar-refractivity contribution is 7.84. The van der Waals surface area contributed by atoms with E-state index in [0.29, 0.717) is 17.0 Å². The van der Waals surface area contributed by atoms with Gasteiger partial charge in [0.05, 0.1) is 31.4 Å². The summed E-state index contributed by atoms with van der Waals surface area (Å²) in [5, 5.41) is 37.8. The number of aromatic nitrogens is 5. The monoisotopic (exact) mass is 505 g/mol. The van der Waals surface area contributed by atoms with Crippen LogP contribution in [0, 0.1) is 0 Å². The predicted molar refractivity (Wildman–Crippen MR) is 123 cm³/mol. The number of nitrogens with one attached hydrogen (secondary N) is 1. The first-order valence-electron chi connectivity index (χ1n) is 11.4. The topological polar surface area (TPSA) is 188 Å². The molecule has 1 saturated carbocycles. The van der Waals surface area contributed by atoms with E-state index in [0.717, 1.165) is 19.3 Å². The normalized spacial score (nSPS) is 26.7. The Morgan fingerprint density at radius 2 is 2.00 bits per heavy atom. The van der Waals surface area contributed by atoms with E-state index < -0.39 is 34.7 Å². The molecule has 1 unspecified atom stereocenters. The number of benzene rings is 1. The quantitative estimate of drug-likeness (QED) is 0.301. The number of aliphatic hydroxyl groups is 2. The van der Waals surface area contributed by atoms with Crippen molar-refractivity contribution in [2.75, 3.05) is 18.5 Å². The highest BCUT2D eigenvalue weighted by atomic mass is 32.2. The molecule has 5 rings (SSSR count). The maximum atomic E-state index is 10.9. The molecule has 2 heterocycles. The fourth-order valence-corrected chi connectivity index (χ4v) is 5.19. The number of ether oxygens (including phenoxy) is 1. The molecule has 0 saturated heterocycles. The van der Waals surface area contributed by atoms with E-state index in [1.807, 2.05) is 12.1 Å². The van der Waals surface area contributed by atoms with E-state index in [2.05, 4.69) is 41.9 Å². The lowest BCUT2D eigenvalue weighted by molar-refractivity contribution is -0.0612. The molecule has 2 aliphatic carbocycles. The molecule has 0 amide bonds. The van der Waals surface area contributed by atoms with Crippen molar-refractivity contribution in [3.8, 4) is 0 Å². The van der Waals surface area contributed by atoms with E-state index in [1.54, 1.807) is 0 Å². The van der Waals surface area contributed by atoms with Crippen LogP contribution in [0.4, 0.5) is 5.82 Å². The van der Waals surface area contributed by atoms with Gasteiger partial charge in [0.25, 0.3) is 0 Å². The second-order valence-corrected chi connectivity index (χ2v) is 9.95. The summed E-state index contributed by atoms with van der Waals surface area (Å²) in [6.45, 7) is -0.434. The number of aryl methyl sites for hydroxylation is 1. The lowest BCUT2D eigenvalue weighted by Gasteiger charge is -2.26. The lowest BCUT2D eigenvalue weighted by Crippen LogP contribution is -2.33. The molecular weight excluding hydrogens is 478 g/mol. The average Bonchev–Trinajstić information content (AvgIpc) is 3.38. The third-order valence-corrected chi connectivity index (χ3v) is 7.01. The highest BCUT2D eigenvalue weighted by Crippen LogP contribution is 2.36. The molecule has 0 bridgehead atoms. The summed E-state index contributed by atoms with van der Waals surface area (Å²) in [7, 11) is -4.08. The van der Waals surface area contributed by atoms with Crippen LogP contribution >= 0.6 is 0 Å². The Balaban J connectivity index is 1.33. The maximum absolute atomic E-state index is 10.9. The number of fused-ring (bicyclic) bond motifs is 2. The summed E-state index contributed by atoms with van der Waals surface area (Å²) >= 11 is 0. The minimum absolute atomic E-state index is 0.0828. The number of nitrogens with two attached hydrogens (primary N) is 1. The van der Waals surface area contributed by atoms with Crippen LogP contribution in [-0.2, 0) is 25.6 Å². The largest absolute Gasteiger partial charge is 0.388 e. The van der Waals surface area contributed by atoms with Gasteiger partial charge >= 0.3 is 10.3 Å². The molecule has 1 fully saturated rings. The van der Waals surface area contributed by atoms with Gasteiger partial charge in [-0.25, -0.2) is 19.8 Å². The SMILES string of the molecule is NS(=O)(=O)OCCO[C@@H]1C[C@H](n2nnc3c(NC4CCCc5ccccc54)ncnc32)[C@@H](O)[C@H]1O. The molecule has 2 aromatic heterocycles. The first-order chi connectivity index (χ1) is 16.8. The van der Waals surface area contributed by atoms with E-state index in [4.69, 9.17) is 9.88 Å². The van der Waals surface area contributed by atoms with Gasteiger partial charge in [0.15, 0.2) is 17.0 Å². The van der Waals surface area contributed by atoms with Gasteiger partial charge in [-0.05, 0) is 30.4 Å². The van der Waals surface area contributed by atoms with Crippen LogP contribution in [0.5, 0.6) is 0 Å². The van der Waals surface area contributed by atoms with Gasteiger partial charge < -0.3 is 20.3 Å². The molecule has 14 heteroatoms. The summed E-state index contributed by atoms with van der Waals surface area (Å²) in [6, 6.07) is 7.75. The summed E-state index contributed by atoms with van der Waals surface area (Å²) in [6.07, 6.45) is 1.51. The molecule has 13 nitrogen and oxygen atoms in total. The van der Waals surface area contributed by atoms with E-state index in [1.165, 1.54) is 22.1 Å².